The Labute approximate surface area is 116 Å². The van der Waals surface area contributed by atoms with Crippen LogP contribution >= 0.6 is 0 Å². The molecule has 1 heterocycles. The van der Waals surface area contributed by atoms with Gasteiger partial charge >= 0.3 is 0 Å². The quantitative estimate of drug-likeness (QED) is 0.680. The van der Waals surface area contributed by atoms with Gasteiger partial charge in [0.25, 0.3) is 0 Å². The Morgan fingerprint density at radius 3 is 2.58 bits per heavy atom. The highest BCUT2D eigenvalue weighted by Gasteiger charge is 2.33. The maximum absolute atomic E-state index is 12.1. The predicted molar refractivity (Wildman–Crippen MR) is 75.0 cm³/mol. The van der Waals surface area contributed by atoms with Crippen molar-refractivity contribution in [1.29, 1.82) is 0 Å². The highest BCUT2D eigenvalue weighted by Crippen LogP contribution is 2.17. The molecule has 0 aromatic carbocycles. The Balaban J connectivity index is 2.44. The molecule has 1 N–H and O–H groups in total. The van der Waals surface area contributed by atoms with E-state index in [4.69, 9.17) is 4.74 Å². The van der Waals surface area contributed by atoms with E-state index in [2.05, 4.69) is 12.2 Å². The third-order valence-corrected chi connectivity index (χ3v) is 5.18. The summed E-state index contributed by atoms with van der Waals surface area (Å²) < 4.78 is 28.5. The molecule has 1 saturated heterocycles. The van der Waals surface area contributed by atoms with E-state index in [0.29, 0.717) is 19.6 Å². The molecule has 6 heteroatoms. The second kappa shape index (κ2) is 7.97. The molecular weight excluding hydrogens is 266 g/mol. The first-order chi connectivity index (χ1) is 9.00. The van der Waals surface area contributed by atoms with Gasteiger partial charge < -0.3 is 10.1 Å². The van der Waals surface area contributed by atoms with Gasteiger partial charge in [-0.2, -0.15) is 0 Å². The Kier molecular flexibility index (Phi) is 6.96. The summed E-state index contributed by atoms with van der Waals surface area (Å²) in [6.07, 6.45) is 1.71. The van der Waals surface area contributed by atoms with Gasteiger partial charge in [0.2, 0.25) is 0 Å². The van der Waals surface area contributed by atoms with Gasteiger partial charge in [-0.25, -0.2) is 8.42 Å². The maximum Gasteiger partial charge on any atom is 0.150 e. The van der Waals surface area contributed by atoms with Crippen molar-refractivity contribution in [2.45, 2.75) is 39.2 Å². The van der Waals surface area contributed by atoms with Crippen LogP contribution in [-0.2, 0) is 19.4 Å². The average molecular weight is 291 g/mol. The van der Waals surface area contributed by atoms with Crippen molar-refractivity contribution < 1.29 is 17.9 Å². The summed E-state index contributed by atoms with van der Waals surface area (Å²) in [5.74, 6) is -0.0514. The number of carbonyl (C=O) groups is 1. The van der Waals surface area contributed by atoms with E-state index in [0.717, 1.165) is 13.0 Å². The van der Waals surface area contributed by atoms with Crippen molar-refractivity contribution in [3.8, 4) is 0 Å². The zero-order valence-corrected chi connectivity index (χ0v) is 12.7. The van der Waals surface area contributed by atoms with Crippen molar-refractivity contribution in [2.24, 2.45) is 5.92 Å². The molecule has 0 radical (unpaired) electrons. The van der Waals surface area contributed by atoms with Crippen LogP contribution < -0.4 is 5.32 Å². The third kappa shape index (κ3) is 5.58. The molecule has 112 valence electrons. The number of ether oxygens (including phenoxy) is 1. The molecule has 0 aromatic rings. The second-order valence-electron chi connectivity index (χ2n) is 5.07. The zero-order valence-electron chi connectivity index (χ0n) is 11.9. The van der Waals surface area contributed by atoms with Crippen LogP contribution in [0.2, 0.25) is 0 Å². The van der Waals surface area contributed by atoms with Gasteiger partial charge in [-0.15, -0.1) is 0 Å². The highest BCUT2D eigenvalue weighted by atomic mass is 32.2. The molecule has 1 aliphatic rings. The number of nitrogens with one attached hydrogen (secondary N) is 1. The summed E-state index contributed by atoms with van der Waals surface area (Å²) >= 11 is 0. The highest BCUT2D eigenvalue weighted by molar-refractivity contribution is 7.91. The number of rotatable bonds is 9. The van der Waals surface area contributed by atoms with Crippen LogP contribution in [-0.4, -0.2) is 51.5 Å². The molecule has 19 heavy (non-hydrogen) atoms. The van der Waals surface area contributed by atoms with Gasteiger partial charge in [0.1, 0.15) is 5.78 Å². The maximum atomic E-state index is 12.1. The van der Waals surface area contributed by atoms with Gasteiger partial charge in [-0.05, 0) is 19.4 Å². The minimum absolute atomic E-state index is 0.00535. The summed E-state index contributed by atoms with van der Waals surface area (Å²) in [6, 6.07) is 0.0429. The lowest BCUT2D eigenvalue weighted by atomic mass is 9.97. The van der Waals surface area contributed by atoms with Crippen LogP contribution in [0.5, 0.6) is 0 Å². The van der Waals surface area contributed by atoms with Crippen molar-refractivity contribution in [2.75, 3.05) is 31.3 Å². The monoisotopic (exact) mass is 291 g/mol. The lowest BCUT2D eigenvalue weighted by Gasteiger charge is -2.17. The summed E-state index contributed by atoms with van der Waals surface area (Å²) in [7, 11) is -3.07. The lowest BCUT2D eigenvalue weighted by molar-refractivity contribution is -0.122. The Bertz CT molecular complexity index is 380. The van der Waals surface area contributed by atoms with Crippen molar-refractivity contribution in [3.63, 3.8) is 0 Å². The largest absolute Gasteiger partial charge is 0.379 e. The molecule has 1 aliphatic heterocycles. The van der Waals surface area contributed by atoms with Crippen molar-refractivity contribution >= 4 is 15.6 Å². The fraction of sp³-hybridized carbons (Fsp3) is 0.923. The van der Waals surface area contributed by atoms with Crippen molar-refractivity contribution in [1.82, 2.24) is 5.32 Å². The van der Waals surface area contributed by atoms with Crippen molar-refractivity contribution in [3.05, 3.63) is 0 Å². The second-order valence-corrected chi connectivity index (χ2v) is 7.38. The molecule has 1 rings (SSSR count). The summed E-state index contributed by atoms with van der Waals surface area (Å²) in [6.45, 7) is 5.70. The van der Waals surface area contributed by atoms with Gasteiger partial charge in [0, 0.05) is 18.2 Å². The molecule has 0 saturated carbocycles. The summed E-state index contributed by atoms with van der Waals surface area (Å²) in [5.41, 5.74) is 0. The van der Waals surface area contributed by atoms with Crippen LogP contribution in [0.4, 0.5) is 0 Å². The molecule has 0 bridgehead atoms. The molecule has 5 nitrogen and oxygen atoms in total. The van der Waals surface area contributed by atoms with Gasteiger partial charge in [0.15, 0.2) is 9.84 Å². The zero-order chi connectivity index (χ0) is 14.3. The van der Waals surface area contributed by atoms with Crippen LogP contribution in [0, 0.1) is 5.92 Å². The number of carbonyl (C=O) groups excluding carboxylic acids is 1. The topological polar surface area (TPSA) is 72.5 Å². The smallest absolute Gasteiger partial charge is 0.150 e. The van der Waals surface area contributed by atoms with Crippen LogP contribution in [0.15, 0.2) is 0 Å². The van der Waals surface area contributed by atoms with E-state index in [1.165, 1.54) is 0 Å². The van der Waals surface area contributed by atoms with E-state index in [9.17, 15) is 13.2 Å². The molecule has 0 aliphatic carbocycles. The molecule has 0 amide bonds. The fourth-order valence-corrected chi connectivity index (χ4v) is 3.60. The minimum Gasteiger partial charge on any atom is -0.379 e. The number of Topliss-reactive ketones (excluding diaryl/α,β-unsaturated/α-hetero) is 1. The van der Waals surface area contributed by atoms with Gasteiger partial charge in [0.05, 0.1) is 24.9 Å². The molecule has 2 atom stereocenters. The molecule has 1 fully saturated rings. The predicted octanol–water partition coefficient (Wildman–Crippen LogP) is 0.785. The summed E-state index contributed by atoms with van der Waals surface area (Å²) in [4.78, 5) is 12.1. The minimum atomic E-state index is -3.07. The van der Waals surface area contributed by atoms with Crippen LogP contribution in [0.25, 0.3) is 0 Å². The number of hydrogen-bond donors (Lipinski definition) is 1. The molecular formula is C13H25NO4S. The number of hydrogen-bond acceptors (Lipinski definition) is 5. The normalized spacial score (nSPS) is 23.7. The van der Waals surface area contributed by atoms with Gasteiger partial charge in [-0.1, -0.05) is 13.8 Å². The van der Waals surface area contributed by atoms with E-state index in [-0.39, 0.29) is 35.7 Å². The van der Waals surface area contributed by atoms with Crippen LogP contribution in [0.1, 0.15) is 33.1 Å². The van der Waals surface area contributed by atoms with Crippen LogP contribution in [0.3, 0.4) is 0 Å². The first kappa shape index (κ1) is 16.6. The van der Waals surface area contributed by atoms with E-state index >= 15 is 0 Å². The summed E-state index contributed by atoms with van der Waals surface area (Å²) in [5, 5.41) is 3.29. The van der Waals surface area contributed by atoms with Gasteiger partial charge in [-0.3, -0.25) is 4.79 Å². The Morgan fingerprint density at radius 2 is 1.95 bits per heavy atom. The number of sulfone groups is 1. The molecule has 0 aromatic heterocycles. The van der Waals surface area contributed by atoms with E-state index in [1.54, 1.807) is 0 Å². The Hall–Kier alpha value is -0.460. The molecule has 0 spiro atoms. The van der Waals surface area contributed by atoms with E-state index < -0.39 is 9.84 Å². The average Bonchev–Trinajstić information content (AvgIpc) is 2.82. The Morgan fingerprint density at radius 1 is 1.21 bits per heavy atom. The standard InChI is InChI=1S/C13H25NO4S/c1-3-6-14-12-10-18-9-11(12)13(15)5-8-19(16,17)7-4-2/h11-12,14H,3-10H2,1-2H3. The molecule has 2 unspecified atom stereocenters. The SMILES string of the molecule is CCCNC1COCC1C(=O)CCS(=O)(=O)CCC. The van der Waals surface area contributed by atoms with E-state index in [1.807, 2.05) is 6.92 Å². The third-order valence-electron chi connectivity index (χ3n) is 3.33. The first-order valence-corrected chi connectivity index (χ1v) is 8.86. The lowest BCUT2D eigenvalue weighted by Crippen LogP contribution is -2.40. The fourth-order valence-electron chi connectivity index (χ4n) is 2.26. The first-order valence-electron chi connectivity index (χ1n) is 7.04. The number of ketones is 1.